The van der Waals surface area contributed by atoms with Gasteiger partial charge in [-0.1, -0.05) is 26.8 Å². The second-order valence-corrected chi connectivity index (χ2v) is 12.4. The normalized spacial score (nSPS) is 33.8. The molecule has 0 radical (unpaired) electrons. The van der Waals surface area contributed by atoms with Crippen LogP contribution in [0.1, 0.15) is 71.3 Å². The summed E-state index contributed by atoms with van der Waals surface area (Å²) in [5.41, 5.74) is -2.22. The van der Waals surface area contributed by atoms with Gasteiger partial charge in [0.15, 0.2) is 0 Å². The summed E-state index contributed by atoms with van der Waals surface area (Å²) in [7, 11) is 0. The minimum Gasteiger partial charge on any atom is -0.445 e. The summed E-state index contributed by atoms with van der Waals surface area (Å²) < 4.78 is 44.9. The molecule has 6 atom stereocenters. The molecule has 2 saturated carbocycles. The summed E-state index contributed by atoms with van der Waals surface area (Å²) in [5.74, 6) is 0.242. The number of nitrogens with one attached hydrogen (secondary N) is 1. The van der Waals surface area contributed by atoms with Crippen LogP contribution < -0.4 is 5.32 Å². The molecule has 0 bridgehead atoms. The minimum atomic E-state index is -4.54. The van der Waals surface area contributed by atoms with Crippen molar-refractivity contribution < 1.29 is 37.7 Å². The molecule has 2 aliphatic carbocycles. The molecule has 3 N–H and O–H groups in total. The number of nitrogens with zero attached hydrogens (tertiary/aromatic N) is 1. The van der Waals surface area contributed by atoms with Gasteiger partial charge in [-0.3, -0.25) is 10.1 Å². The lowest BCUT2D eigenvalue weighted by molar-refractivity contribution is -0.186. The van der Waals surface area contributed by atoms with E-state index in [0.29, 0.717) is 31.6 Å². The molecule has 1 aliphatic heterocycles. The van der Waals surface area contributed by atoms with E-state index in [4.69, 9.17) is 4.74 Å². The van der Waals surface area contributed by atoms with Gasteiger partial charge in [0.05, 0.1) is 18.3 Å². The van der Waals surface area contributed by atoms with E-state index >= 15 is 0 Å². The number of aliphatic hydroxyl groups is 2. The number of carbonyl (C=O) groups is 2. The highest BCUT2D eigenvalue weighted by atomic mass is 19.4. The smallest absolute Gasteiger partial charge is 0.416 e. The second kappa shape index (κ2) is 11.3. The second-order valence-electron chi connectivity index (χ2n) is 12.4. The first-order valence-corrected chi connectivity index (χ1v) is 14.0. The zero-order valence-corrected chi connectivity index (χ0v) is 23.0. The molecule has 2 amide bonds. The summed E-state index contributed by atoms with van der Waals surface area (Å²) in [6.07, 6.45) is -2.48. The number of hydrogen-bond donors (Lipinski definition) is 3. The predicted octanol–water partition coefficient (Wildman–Crippen LogP) is 5.46. The van der Waals surface area contributed by atoms with Gasteiger partial charge in [0, 0.05) is 30.6 Å². The minimum absolute atomic E-state index is 0.0346. The van der Waals surface area contributed by atoms with Crippen molar-refractivity contribution in [1.29, 1.82) is 0 Å². The van der Waals surface area contributed by atoms with Crippen LogP contribution in [0.5, 0.6) is 0 Å². The molecular formula is C29H41F3N2O5. The van der Waals surface area contributed by atoms with E-state index in [2.05, 4.69) is 19.2 Å². The van der Waals surface area contributed by atoms with Gasteiger partial charge in [-0.05, 0) is 79.9 Å². The Morgan fingerprint density at radius 1 is 1.13 bits per heavy atom. The topological polar surface area (TPSA) is 99.1 Å². The lowest BCUT2D eigenvalue weighted by Gasteiger charge is -2.60. The monoisotopic (exact) mass is 554 g/mol. The van der Waals surface area contributed by atoms with Crippen LogP contribution in [0.4, 0.5) is 23.7 Å². The lowest BCUT2D eigenvalue weighted by atomic mass is 9.46. The van der Waals surface area contributed by atoms with Crippen molar-refractivity contribution in [1.82, 2.24) is 4.90 Å². The summed E-state index contributed by atoms with van der Waals surface area (Å²) in [6, 6.07) is 4.33. The van der Waals surface area contributed by atoms with Crippen LogP contribution in [0.2, 0.25) is 0 Å². The van der Waals surface area contributed by atoms with Crippen LogP contribution >= 0.6 is 0 Å². The van der Waals surface area contributed by atoms with Crippen molar-refractivity contribution in [3.8, 4) is 0 Å². The van der Waals surface area contributed by atoms with Gasteiger partial charge in [-0.2, -0.15) is 13.2 Å². The third-order valence-corrected chi connectivity index (χ3v) is 9.89. The van der Waals surface area contributed by atoms with Gasteiger partial charge in [-0.15, -0.1) is 0 Å². The Balaban J connectivity index is 1.47. The molecule has 218 valence electrons. The fourth-order valence-corrected chi connectivity index (χ4v) is 7.40. The highest BCUT2D eigenvalue weighted by Gasteiger charge is 2.60. The van der Waals surface area contributed by atoms with E-state index in [0.717, 1.165) is 38.1 Å². The molecule has 1 heterocycles. The Bertz CT molecular complexity index is 1040. The Labute approximate surface area is 228 Å². The number of anilines is 1. The zero-order chi connectivity index (χ0) is 28.6. The van der Waals surface area contributed by atoms with Gasteiger partial charge >= 0.3 is 12.3 Å². The maximum absolute atomic E-state index is 13.3. The van der Waals surface area contributed by atoms with E-state index in [1.54, 1.807) is 0 Å². The highest BCUT2D eigenvalue weighted by molar-refractivity contribution is 5.84. The summed E-state index contributed by atoms with van der Waals surface area (Å²) in [4.78, 5) is 27.9. The van der Waals surface area contributed by atoms with Gasteiger partial charge in [0.2, 0.25) is 5.91 Å². The Morgan fingerprint density at radius 3 is 2.46 bits per heavy atom. The zero-order valence-electron chi connectivity index (χ0n) is 23.0. The molecule has 10 heteroatoms. The van der Waals surface area contributed by atoms with Gasteiger partial charge in [-0.25, -0.2) is 4.79 Å². The Kier molecular flexibility index (Phi) is 8.57. The molecule has 6 unspecified atom stereocenters. The van der Waals surface area contributed by atoms with Crippen molar-refractivity contribution in [2.24, 2.45) is 28.6 Å². The number of ether oxygens (including phenoxy) is 1. The number of halogens is 3. The van der Waals surface area contributed by atoms with Crippen molar-refractivity contribution in [2.75, 3.05) is 25.0 Å². The highest BCUT2D eigenvalue weighted by Crippen LogP contribution is 2.61. The molecular weight excluding hydrogens is 513 g/mol. The lowest BCUT2D eigenvalue weighted by Crippen LogP contribution is -2.61. The number of aliphatic hydroxyl groups excluding tert-OH is 2. The predicted molar refractivity (Wildman–Crippen MR) is 140 cm³/mol. The van der Waals surface area contributed by atoms with Crippen LogP contribution in [0.15, 0.2) is 24.3 Å². The Morgan fingerprint density at radius 2 is 1.82 bits per heavy atom. The van der Waals surface area contributed by atoms with E-state index in [1.165, 1.54) is 12.1 Å². The first-order chi connectivity index (χ1) is 18.3. The van der Waals surface area contributed by atoms with Crippen molar-refractivity contribution in [2.45, 2.75) is 84.1 Å². The van der Waals surface area contributed by atoms with Crippen LogP contribution in [0.3, 0.4) is 0 Å². The van der Waals surface area contributed by atoms with Crippen molar-refractivity contribution in [3.05, 3.63) is 29.8 Å². The largest absolute Gasteiger partial charge is 0.445 e. The molecule has 0 aromatic heterocycles. The first kappa shape index (κ1) is 29.6. The number of carbonyl (C=O) groups excluding carboxylic acids is 2. The molecule has 1 aromatic carbocycles. The molecule has 1 aromatic rings. The molecule has 39 heavy (non-hydrogen) atoms. The van der Waals surface area contributed by atoms with Crippen LogP contribution in [0, 0.1) is 28.6 Å². The van der Waals surface area contributed by atoms with E-state index in [1.807, 2.05) is 11.8 Å². The SMILES string of the molecule is CC1CCN(C(=O)CC2C(O)CCC3C(C)(CO)C(OC(=O)Nc4cccc(C(F)(F)F)c4)CCC23C)CC1. The van der Waals surface area contributed by atoms with E-state index < -0.39 is 40.9 Å². The number of likely N-dealkylation sites (tertiary alicyclic amines) is 1. The van der Waals surface area contributed by atoms with Gasteiger partial charge in [0.1, 0.15) is 6.10 Å². The van der Waals surface area contributed by atoms with Crippen molar-refractivity contribution in [3.63, 3.8) is 0 Å². The maximum atomic E-state index is 13.3. The van der Waals surface area contributed by atoms with Gasteiger partial charge < -0.3 is 19.8 Å². The van der Waals surface area contributed by atoms with Crippen molar-refractivity contribution >= 4 is 17.7 Å². The molecule has 3 aliphatic rings. The van der Waals surface area contributed by atoms with E-state index in [-0.39, 0.29) is 36.5 Å². The Hall–Kier alpha value is -2.33. The number of alkyl halides is 3. The first-order valence-electron chi connectivity index (χ1n) is 14.0. The number of fused-ring (bicyclic) bond motifs is 1. The number of benzene rings is 1. The number of rotatable bonds is 5. The standard InChI is InChI=1S/C29H41F3N2O5/c1-18-10-13-34(14-11-18)25(37)16-21-22(36)7-8-23-27(21,2)12-9-24(28(23,3)17-35)39-26(38)33-20-6-4-5-19(15-20)29(30,31)32/h4-6,15,18,21-24,35-36H,7-14,16-17H2,1-3H3,(H,33,38). The molecule has 7 nitrogen and oxygen atoms in total. The number of hydrogen-bond acceptors (Lipinski definition) is 5. The fourth-order valence-electron chi connectivity index (χ4n) is 7.40. The third-order valence-electron chi connectivity index (χ3n) is 9.89. The van der Waals surface area contributed by atoms with E-state index in [9.17, 15) is 33.0 Å². The number of amides is 2. The summed E-state index contributed by atoms with van der Waals surface area (Å²) in [5, 5.41) is 24.0. The van der Waals surface area contributed by atoms with Crippen LogP contribution in [-0.2, 0) is 15.7 Å². The quantitative estimate of drug-likeness (QED) is 0.449. The maximum Gasteiger partial charge on any atom is 0.416 e. The average Bonchev–Trinajstić information content (AvgIpc) is 2.88. The number of piperidine rings is 1. The summed E-state index contributed by atoms with van der Waals surface area (Å²) in [6.45, 7) is 7.31. The van der Waals surface area contributed by atoms with Crippen LogP contribution in [-0.4, -0.2) is 59.0 Å². The fraction of sp³-hybridized carbons (Fsp3) is 0.724. The van der Waals surface area contributed by atoms with Gasteiger partial charge in [0.25, 0.3) is 0 Å². The molecule has 0 spiro atoms. The third kappa shape index (κ3) is 6.06. The molecule has 4 rings (SSSR count). The molecule has 3 fully saturated rings. The van der Waals surface area contributed by atoms with Crippen LogP contribution in [0.25, 0.3) is 0 Å². The average molecular weight is 555 g/mol. The molecule has 1 saturated heterocycles. The summed E-state index contributed by atoms with van der Waals surface area (Å²) >= 11 is 0.